The van der Waals surface area contributed by atoms with E-state index in [4.69, 9.17) is 4.74 Å². The number of nitrogens with one attached hydrogen (secondary N) is 1. The van der Waals surface area contributed by atoms with Crippen molar-refractivity contribution in [2.45, 2.75) is 26.3 Å². The van der Waals surface area contributed by atoms with Gasteiger partial charge in [0.25, 0.3) is 0 Å². The fourth-order valence-corrected chi connectivity index (χ4v) is 3.26. The molecule has 5 nitrogen and oxygen atoms in total. The highest BCUT2D eigenvalue weighted by molar-refractivity contribution is 5.89. The van der Waals surface area contributed by atoms with E-state index in [0.29, 0.717) is 26.1 Å². The first-order valence-corrected chi connectivity index (χ1v) is 9.29. The van der Waals surface area contributed by atoms with Gasteiger partial charge in [0.2, 0.25) is 11.8 Å². The SMILES string of the molecule is COc1ccc(CNC(=O)C2CC(=O)N(CCc3ccc(C)cc3)C2)cc1. The molecular weight excluding hydrogens is 340 g/mol. The summed E-state index contributed by atoms with van der Waals surface area (Å²) in [6.07, 6.45) is 1.11. The van der Waals surface area contributed by atoms with E-state index in [0.717, 1.165) is 17.7 Å². The van der Waals surface area contributed by atoms with Crippen molar-refractivity contribution in [2.75, 3.05) is 20.2 Å². The standard InChI is InChI=1S/C22H26N2O3/c1-16-3-5-17(6-4-16)11-12-24-15-19(13-21(24)25)22(26)23-14-18-7-9-20(27-2)10-8-18/h3-10,19H,11-15H2,1-2H3,(H,23,26). The number of rotatable bonds is 7. The highest BCUT2D eigenvalue weighted by atomic mass is 16.5. The van der Waals surface area contributed by atoms with E-state index in [1.54, 1.807) is 12.0 Å². The molecule has 5 heteroatoms. The van der Waals surface area contributed by atoms with Crippen LogP contribution < -0.4 is 10.1 Å². The first-order chi connectivity index (χ1) is 13.0. The van der Waals surface area contributed by atoms with E-state index in [2.05, 4.69) is 36.5 Å². The Morgan fingerprint density at radius 2 is 1.78 bits per heavy atom. The molecule has 0 radical (unpaired) electrons. The number of likely N-dealkylation sites (tertiary alicyclic amines) is 1. The van der Waals surface area contributed by atoms with E-state index >= 15 is 0 Å². The van der Waals surface area contributed by atoms with Crippen molar-refractivity contribution in [3.63, 3.8) is 0 Å². The number of ether oxygens (including phenoxy) is 1. The molecule has 142 valence electrons. The zero-order valence-corrected chi connectivity index (χ0v) is 15.9. The van der Waals surface area contributed by atoms with E-state index in [1.165, 1.54) is 11.1 Å². The van der Waals surface area contributed by atoms with Crippen LogP contribution in [0.4, 0.5) is 0 Å². The van der Waals surface area contributed by atoms with Gasteiger partial charge < -0.3 is 15.0 Å². The van der Waals surface area contributed by atoms with Crippen LogP contribution in [-0.2, 0) is 22.6 Å². The maximum atomic E-state index is 12.4. The predicted octanol–water partition coefficient (Wildman–Crippen LogP) is 2.71. The Bertz CT molecular complexity index is 784. The summed E-state index contributed by atoms with van der Waals surface area (Å²) in [5.74, 6) is 0.521. The number of methoxy groups -OCH3 is 1. The summed E-state index contributed by atoms with van der Waals surface area (Å²) < 4.78 is 5.13. The Balaban J connectivity index is 1.47. The first kappa shape index (κ1) is 19.0. The topological polar surface area (TPSA) is 58.6 Å². The van der Waals surface area contributed by atoms with Crippen LogP contribution in [0.5, 0.6) is 5.75 Å². The lowest BCUT2D eigenvalue weighted by atomic mass is 10.1. The molecule has 0 bridgehead atoms. The summed E-state index contributed by atoms with van der Waals surface area (Å²) >= 11 is 0. The third kappa shape index (κ3) is 5.09. The molecule has 1 fully saturated rings. The average Bonchev–Trinajstić information content (AvgIpc) is 3.07. The molecule has 1 unspecified atom stereocenters. The number of hydrogen-bond donors (Lipinski definition) is 1. The van der Waals surface area contributed by atoms with E-state index in [1.807, 2.05) is 24.3 Å². The number of carbonyl (C=O) groups is 2. The molecule has 0 aromatic heterocycles. The molecule has 2 aromatic carbocycles. The Morgan fingerprint density at radius 1 is 1.11 bits per heavy atom. The van der Waals surface area contributed by atoms with Crippen molar-refractivity contribution >= 4 is 11.8 Å². The van der Waals surface area contributed by atoms with Gasteiger partial charge in [-0.05, 0) is 36.6 Å². The number of benzene rings is 2. The molecule has 1 N–H and O–H groups in total. The van der Waals surface area contributed by atoms with Gasteiger partial charge in [0.1, 0.15) is 5.75 Å². The minimum atomic E-state index is -0.270. The number of nitrogens with zero attached hydrogens (tertiary/aromatic N) is 1. The van der Waals surface area contributed by atoms with E-state index in [9.17, 15) is 9.59 Å². The zero-order valence-electron chi connectivity index (χ0n) is 15.9. The molecule has 1 heterocycles. The summed E-state index contributed by atoms with van der Waals surface area (Å²) in [6.45, 7) is 3.67. The molecule has 3 rings (SSSR count). The van der Waals surface area contributed by atoms with E-state index < -0.39 is 0 Å². The molecule has 1 aliphatic rings. The van der Waals surface area contributed by atoms with Gasteiger partial charge in [-0.15, -0.1) is 0 Å². The van der Waals surface area contributed by atoms with Crippen LogP contribution in [0.15, 0.2) is 48.5 Å². The predicted molar refractivity (Wildman–Crippen MR) is 104 cm³/mol. The van der Waals surface area contributed by atoms with Crippen molar-refractivity contribution in [3.8, 4) is 5.75 Å². The van der Waals surface area contributed by atoms with Crippen LogP contribution >= 0.6 is 0 Å². The highest BCUT2D eigenvalue weighted by Crippen LogP contribution is 2.19. The lowest BCUT2D eigenvalue weighted by molar-refractivity contribution is -0.129. The minimum absolute atomic E-state index is 0.0583. The van der Waals surface area contributed by atoms with Crippen LogP contribution in [0.25, 0.3) is 0 Å². The summed E-state index contributed by atoms with van der Waals surface area (Å²) in [6, 6.07) is 15.9. The average molecular weight is 366 g/mol. The van der Waals surface area contributed by atoms with Crippen molar-refractivity contribution in [3.05, 3.63) is 65.2 Å². The van der Waals surface area contributed by atoms with Crippen molar-refractivity contribution in [1.82, 2.24) is 10.2 Å². The first-order valence-electron chi connectivity index (χ1n) is 9.29. The third-order valence-electron chi connectivity index (χ3n) is 5.00. The quantitative estimate of drug-likeness (QED) is 0.820. The number of hydrogen-bond acceptors (Lipinski definition) is 3. The number of aryl methyl sites for hydroxylation is 1. The molecule has 0 saturated carbocycles. The Kier molecular flexibility index (Phi) is 6.12. The Morgan fingerprint density at radius 3 is 2.44 bits per heavy atom. The van der Waals surface area contributed by atoms with Gasteiger partial charge in [-0.25, -0.2) is 0 Å². The summed E-state index contributed by atoms with van der Waals surface area (Å²) in [7, 11) is 1.62. The second kappa shape index (κ2) is 8.71. The van der Waals surface area contributed by atoms with Crippen molar-refractivity contribution < 1.29 is 14.3 Å². The zero-order chi connectivity index (χ0) is 19.2. The number of amides is 2. The molecule has 2 aromatic rings. The van der Waals surface area contributed by atoms with Crippen molar-refractivity contribution in [1.29, 1.82) is 0 Å². The minimum Gasteiger partial charge on any atom is -0.497 e. The number of carbonyl (C=O) groups excluding carboxylic acids is 2. The van der Waals surface area contributed by atoms with Gasteiger partial charge in [0.15, 0.2) is 0 Å². The lowest BCUT2D eigenvalue weighted by Crippen LogP contribution is -2.33. The van der Waals surface area contributed by atoms with Gasteiger partial charge in [-0.2, -0.15) is 0 Å². The van der Waals surface area contributed by atoms with Crippen LogP contribution in [0.2, 0.25) is 0 Å². The summed E-state index contributed by atoms with van der Waals surface area (Å²) in [4.78, 5) is 26.5. The molecule has 2 amide bonds. The summed E-state index contributed by atoms with van der Waals surface area (Å²) in [5, 5.41) is 2.94. The van der Waals surface area contributed by atoms with E-state index in [-0.39, 0.29) is 17.7 Å². The normalized spacial score (nSPS) is 16.4. The van der Waals surface area contributed by atoms with Gasteiger partial charge >= 0.3 is 0 Å². The van der Waals surface area contributed by atoms with Gasteiger partial charge in [-0.1, -0.05) is 42.0 Å². The second-order valence-corrected chi connectivity index (χ2v) is 7.04. The van der Waals surface area contributed by atoms with Gasteiger partial charge in [0, 0.05) is 26.1 Å². The molecule has 0 aliphatic carbocycles. The molecule has 1 atom stereocenters. The smallest absolute Gasteiger partial charge is 0.225 e. The monoisotopic (exact) mass is 366 g/mol. The largest absolute Gasteiger partial charge is 0.497 e. The Hall–Kier alpha value is -2.82. The molecular formula is C22H26N2O3. The highest BCUT2D eigenvalue weighted by Gasteiger charge is 2.33. The van der Waals surface area contributed by atoms with Crippen LogP contribution in [0.3, 0.4) is 0 Å². The molecule has 27 heavy (non-hydrogen) atoms. The second-order valence-electron chi connectivity index (χ2n) is 7.04. The summed E-state index contributed by atoms with van der Waals surface area (Å²) in [5.41, 5.74) is 3.44. The third-order valence-corrected chi connectivity index (χ3v) is 5.00. The Labute approximate surface area is 160 Å². The van der Waals surface area contributed by atoms with Crippen LogP contribution in [-0.4, -0.2) is 36.9 Å². The maximum Gasteiger partial charge on any atom is 0.225 e. The fourth-order valence-electron chi connectivity index (χ4n) is 3.26. The van der Waals surface area contributed by atoms with Gasteiger partial charge in [-0.3, -0.25) is 9.59 Å². The van der Waals surface area contributed by atoms with Gasteiger partial charge in [0.05, 0.1) is 13.0 Å². The molecule has 1 saturated heterocycles. The molecule has 1 aliphatic heterocycles. The molecule has 0 spiro atoms. The lowest BCUT2D eigenvalue weighted by Gasteiger charge is -2.16. The fraction of sp³-hybridized carbons (Fsp3) is 0.364. The van der Waals surface area contributed by atoms with Crippen molar-refractivity contribution in [2.24, 2.45) is 5.92 Å². The van der Waals surface area contributed by atoms with Crippen LogP contribution in [0, 0.1) is 12.8 Å². The maximum absolute atomic E-state index is 12.4. The van der Waals surface area contributed by atoms with Crippen LogP contribution in [0.1, 0.15) is 23.1 Å².